The lowest BCUT2D eigenvalue weighted by atomic mass is 10.1. The average molecular weight is 291 g/mol. The summed E-state index contributed by atoms with van der Waals surface area (Å²) in [5.74, 6) is -0.567. The molecule has 6 heteroatoms. The molecule has 0 atom stereocenters. The monoisotopic (exact) mass is 290 g/mol. The van der Waals surface area contributed by atoms with Crippen molar-refractivity contribution in [1.29, 1.82) is 0 Å². The van der Waals surface area contributed by atoms with Crippen LogP contribution >= 0.6 is 11.6 Å². The predicted molar refractivity (Wildman–Crippen MR) is 77.2 cm³/mol. The van der Waals surface area contributed by atoms with Gasteiger partial charge in [0.15, 0.2) is 0 Å². The van der Waals surface area contributed by atoms with Gasteiger partial charge in [0.1, 0.15) is 10.6 Å². The summed E-state index contributed by atoms with van der Waals surface area (Å²) in [6.45, 7) is 1.92. The summed E-state index contributed by atoms with van der Waals surface area (Å²) in [6.07, 6.45) is 0. The maximum absolute atomic E-state index is 12.1. The van der Waals surface area contributed by atoms with E-state index in [-0.39, 0.29) is 10.6 Å². The Balaban J connectivity index is 2.32. The van der Waals surface area contributed by atoms with Gasteiger partial charge in [0.25, 0.3) is 5.91 Å². The number of hydrogen-bond acceptors (Lipinski definition) is 3. The molecule has 0 aliphatic carbocycles. The molecule has 20 heavy (non-hydrogen) atoms. The molecule has 0 saturated heterocycles. The summed E-state index contributed by atoms with van der Waals surface area (Å²) in [6, 6.07) is 11.4. The number of amides is 1. The van der Waals surface area contributed by atoms with Crippen molar-refractivity contribution >= 4 is 28.9 Å². The number of carbonyl (C=O) groups is 1. The Kier molecular flexibility index (Phi) is 4.00. The van der Waals surface area contributed by atoms with Gasteiger partial charge in [0.05, 0.1) is 4.92 Å². The zero-order valence-electron chi connectivity index (χ0n) is 10.6. The van der Waals surface area contributed by atoms with E-state index in [0.29, 0.717) is 5.69 Å². The number of halogens is 1. The third-order valence-corrected chi connectivity index (χ3v) is 3.03. The van der Waals surface area contributed by atoms with Crippen molar-refractivity contribution in [3.05, 3.63) is 68.7 Å². The fraction of sp³-hybridized carbons (Fsp3) is 0.0714. The fourth-order valence-electron chi connectivity index (χ4n) is 1.72. The van der Waals surface area contributed by atoms with E-state index in [1.54, 1.807) is 12.1 Å². The molecule has 0 bridgehead atoms. The number of nitrogens with zero attached hydrogens (tertiary/aromatic N) is 1. The van der Waals surface area contributed by atoms with Gasteiger partial charge in [0, 0.05) is 5.69 Å². The third-order valence-electron chi connectivity index (χ3n) is 2.72. The highest BCUT2D eigenvalue weighted by atomic mass is 35.5. The molecule has 5 nitrogen and oxygen atoms in total. The van der Waals surface area contributed by atoms with E-state index in [2.05, 4.69) is 5.32 Å². The van der Waals surface area contributed by atoms with Crippen molar-refractivity contribution in [1.82, 2.24) is 0 Å². The highest BCUT2D eigenvalue weighted by Gasteiger charge is 2.23. The standard InChI is InChI=1S/C14H11ClN2O3/c1-9-5-7-10(8-6-9)16-14(18)11-3-2-4-12(15)13(11)17(19)20/h2-8H,1H3,(H,16,18). The van der Waals surface area contributed by atoms with Crippen LogP contribution in [0.15, 0.2) is 42.5 Å². The molecule has 2 aromatic carbocycles. The molecule has 0 aliphatic rings. The zero-order valence-corrected chi connectivity index (χ0v) is 11.3. The second-order valence-corrected chi connectivity index (χ2v) is 4.62. The van der Waals surface area contributed by atoms with Gasteiger partial charge in [-0.05, 0) is 31.2 Å². The Morgan fingerprint density at radius 1 is 1.20 bits per heavy atom. The SMILES string of the molecule is Cc1ccc(NC(=O)c2cccc(Cl)c2[N+](=O)[O-])cc1. The van der Waals surface area contributed by atoms with Crippen molar-refractivity contribution < 1.29 is 9.72 Å². The molecule has 102 valence electrons. The number of carbonyl (C=O) groups excluding carboxylic acids is 1. The molecular weight excluding hydrogens is 280 g/mol. The van der Waals surface area contributed by atoms with Crippen molar-refractivity contribution in [3.63, 3.8) is 0 Å². The predicted octanol–water partition coefficient (Wildman–Crippen LogP) is 3.81. The van der Waals surface area contributed by atoms with Crippen molar-refractivity contribution in [3.8, 4) is 0 Å². The first-order valence-corrected chi connectivity index (χ1v) is 6.18. The molecule has 0 heterocycles. The maximum Gasteiger partial charge on any atom is 0.300 e. The van der Waals surface area contributed by atoms with Crippen LogP contribution in [0.1, 0.15) is 15.9 Å². The zero-order chi connectivity index (χ0) is 14.7. The molecule has 2 aromatic rings. The third kappa shape index (κ3) is 2.95. The van der Waals surface area contributed by atoms with E-state index in [4.69, 9.17) is 11.6 Å². The topological polar surface area (TPSA) is 72.2 Å². The lowest BCUT2D eigenvalue weighted by molar-refractivity contribution is -0.385. The van der Waals surface area contributed by atoms with Crippen LogP contribution in [-0.4, -0.2) is 10.8 Å². The summed E-state index contributed by atoms with van der Waals surface area (Å²) in [5.41, 5.74) is 1.16. The number of rotatable bonds is 3. The van der Waals surface area contributed by atoms with E-state index in [0.717, 1.165) is 5.56 Å². The molecule has 1 amide bonds. The van der Waals surface area contributed by atoms with E-state index < -0.39 is 16.5 Å². The Bertz CT molecular complexity index is 669. The van der Waals surface area contributed by atoms with Crippen LogP contribution in [0.2, 0.25) is 5.02 Å². The van der Waals surface area contributed by atoms with Gasteiger partial charge >= 0.3 is 5.69 Å². The lowest BCUT2D eigenvalue weighted by Crippen LogP contribution is -2.14. The number of anilines is 1. The summed E-state index contributed by atoms with van der Waals surface area (Å²) in [4.78, 5) is 22.4. The smallest absolute Gasteiger partial charge is 0.300 e. The molecular formula is C14H11ClN2O3. The molecule has 0 aliphatic heterocycles. The van der Waals surface area contributed by atoms with Gasteiger partial charge in [-0.2, -0.15) is 0 Å². The van der Waals surface area contributed by atoms with Gasteiger partial charge in [-0.3, -0.25) is 14.9 Å². The second-order valence-electron chi connectivity index (χ2n) is 4.21. The van der Waals surface area contributed by atoms with Gasteiger partial charge in [-0.15, -0.1) is 0 Å². The van der Waals surface area contributed by atoms with Crippen molar-refractivity contribution in [2.75, 3.05) is 5.32 Å². The minimum absolute atomic E-state index is 0.0634. The quantitative estimate of drug-likeness (QED) is 0.690. The molecule has 0 saturated carbocycles. The fourth-order valence-corrected chi connectivity index (χ4v) is 1.96. The van der Waals surface area contributed by atoms with E-state index in [1.165, 1.54) is 18.2 Å². The largest absolute Gasteiger partial charge is 0.322 e. The van der Waals surface area contributed by atoms with Crippen LogP contribution in [0.5, 0.6) is 0 Å². The summed E-state index contributed by atoms with van der Waals surface area (Å²) < 4.78 is 0. The number of para-hydroxylation sites is 1. The number of benzene rings is 2. The van der Waals surface area contributed by atoms with Gasteiger partial charge in [0.2, 0.25) is 0 Å². The van der Waals surface area contributed by atoms with Crippen molar-refractivity contribution in [2.45, 2.75) is 6.92 Å². The summed E-state index contributed by atoms with van der Waals surface area (Å²) in [5, 5.41) is 13.5. The van der Waals surface area contributed by atoms with E-state index in [1.807, 2.05) is 19.1 Å². The molecule has 0 unspecified atom stereocenters. The molecule has 0 radical (unpaired) electrons. The highest BCUT2D eigenvalue weighted by Crippen LogP contribution is 2.28. The van der Waals surface area contributed by atoms with Crippen molar-refractivity contribution in [2.24, 2.45) is 0 Å². The van der Waals surface area contributed by atoms with Crippen LogP contribution in [0.25, 0.3) is 0 Å². The summed E-state index contributed by atoms with van der Waals surface area (Å²) in [7, 11) is 0. The minimum Gasteiger partial charge on any atom is -0.322 e. The van der Waals surface area contributed by atoms with Crippen LogP contribution in [0.3, 0.4) is 0 Å². The Hall–Kier alpha value is -2.40. The van der Waals surface area contributed by atoms with Crippen LogP contribution in [0, 0.1) is 17.0 Å². The number of nitrogens with one attached hydrogen (secondary N) is 1. The molecule has 0 aromatic heterocycles. The number of aryl methyl sites for hydroxylation is 1. The normalized spacial score (nSPS) is 10.1. The Labute approximate surface area is 120 Å². The Morgan fingerprint density at radius 2 is 1.85 bits per heavy atom. The first-order chi connectivity index (χ1) is 9.49. The minimum atomic E-state index is -0.660. The number of nitro benzene ring substituents is 1. The number of hydrogen-bond donors (Lipinski definition) is 1. The molecule has 0 fully saturated rings. The lowest BCUT2D eigenvalue weighted by Gasteiger charge is -2.06. The first kappa shape index (κ1) is 14.0. The second kappa shape index (κ2) is 5.71. The Morgan fingerprint density at radius 3 is 2.45 bits per heavy atom. The average Bonchev–Trinajstić information content (AvgIpc) is 2.40. The first-order valence-electron chi connectivity index (χ1n) is 5.80. The maximum atomic E-state index is 12.1. The van der Waals surface area contributed by atoms with Gasteiger partial charge < -0.3 is 5.32 Å². The number of nitro groups is 1. The van der Waals surface area contributed by atoms with E-state index in [9.17, 15) is 14.9 Å². The molecule has 0 spiro atoms. The van der Waals surface area contributed by atoms with Crippen LogP contribution in [0.4, 0.5) is 11.4 Å². The van der Waals surface area contributed by atoms with Gasteiger partial charge in [-0.1, -0.05) is 35.4 Å². The highest BCUT2D eigenvalue weighted by molar-refractivity contribution is 6.33. The van der Waals surface area contributed by atoms with Crippen LogP contribution < -0.4 is 5.32 Å². The molecule has 2 rings (SSSR count). The van der Waals surface area contributed by atoms with Gasteiger partial charge in [-0.25, -0.2) is 0 Å². The summed E-state index contributed by atoms with van der Waals surface area (Å²) >= 11 is 5.77. The van der Waals surface area contributed by atoms with E-state index >= 15 is 0 Å². The molecule has 1 N–H and O–H groups in total. The van der Waals surface area contributed by atoms with Crippen LogP contribution in [-0.2, 0) is 0 Å².